The van der Waals surface area contributed by atoms with Gasteiger partial charge in [-0.3, -0.25) is 24.2 Å². The van der Waals surface area contributed by atoms with Crippen LogP contribution in [0.3, 0.4) is 0 Å². The van der Waals surface area contributed by atoms with Gasteiger partial charge in [0.15, 0.2) is 0 Å². The van der Waals surface area contributed by atoms with E-state index in [4.69, 9.17) is 9.47 Å². The number of carbonyl (C=O) groups is 4. The van der Waals surface area contributed by atoms with Gasteiger partial charge in [0, 0.05) is 46.8 Å². The van der Waals surface area contributed by atoms with E-state index in [1.54, 1.807) is 19.0 Å². The number of piperazine rings is 1. The number of hydrogen-bond donors (Lipinski definition) is 1. The average molecular weight is 493 g/mol. The standard InChI is InChI=1S/C25H40N4O6/c1-27(2)20(30)15-29-7-5-28(6-8-29)14-19(21(31)34-3)26-22(32)24-10-17-9-18(11-24)13-25(12-17,16-24)23(33)35-4/h17-19H,5-16H2,1-4H3,(H,26,32). The van der Waals surface area contributed by atoms with E-state index < -0.39 is 22.8 Å². The van der Waals surface area contributed by atoms with Crippen molar-refractivity contribution in [2.75, 3.05) is 67.6 Å². The van der Waals surface area contributed by atoms with Crippen molar-refractivity contribution in [3.8, 4) is 0 Å². The fourth-order valence-electron chi connectivity index (χ4n) is 7.34. The lowest BCUT2D eigenvalue weighted by Crippen LogP contribution is -2.62. The van der Waals surface area contributed by atoms with Crippen LogP contribution in [0.4, 0.5) is 0 Å². The van der Waals surface area contributed by atoms with Gasteiger partial charge in [0.2, 0.25) is 11.8 Å². The maximum atomic E-state index is 13.7. The summed E-state index contributed by atoms with van der Waals surface area (Å²) >= 11 is 0. The molecule has 10 heteroatoms. The highest BCUT2D eigenvalue weighted by Crippen LogP contribution is 2.65. The summed E-state index contributed by atoms with van der Waals surface area (Å²) in [5, 5.41) is 3.02. The number of carbonyl (C=O) groups excluding carboxylic acids is 4. The van der Waals surface area contributed by atoms with E-state index in [0.717, 1.165) is 45.2 Å². The first-order chi connectivity index (χ1) is 16.6. The number of ether oxygens (including phenoxy) is 2. The zero-order valence-electron chi connectivity index (χ0n) is 21.5. The van der Waals surface area contributed by atoms with Crippen molar-refractivity contribution < 1.29 is 28.7 Å². The van der Waals surface area contributed by atoms with Gasteiger partial charge >= 0.3 is 11.9 Å². The zero-order chi connectivity index (χ0) is 25.4. The average Bonchev–Trinajstić information content (AvgIpc) is 2.82. The molecule has 5 aliphatic rings. The minimum absolute atomic E-state index is 0.0680. The Balaban J connectivity index is 1.40. The van der Waals surface area contributed by atoms with Crippen LogP contribution in [0.5, 0.6) is 0 Å². The molecular formula is C25H40N4O6. The molecule has 1 saturated heterocycles. The van der Waals surface area contributed by atoms with Crippen LogP contribution in [0.1, 0.15) is 38.5 Å². The highest BCUT2D eigenvalue weighted by Gasteiger charge is 2.63. The molecule has 4 bridgehead atoms. The Kier molecular flexibility index (Phi) is 7.43. The van der Waals surface area contributed by atoms with Crippen molar-refractivity contribution in [2.45, 2.75) is 44.6 Å². The van der Waals surface area contributed by atoms with Crippen LogP contribution >= 0.6 is 0 Å². The van der Waals surface area contributed by atoms with Crippen molar-refractivity contribution in [3.63, 3.8) is 0 Å². The molecule has 1 aliphatic heterocycles. The van der Waals surface area contributed by atoms with Crippen LogP contribution in [0.25, 0.3) is 0 Å². The predicted octanol–water partition coefficient (Wildman–Crippen LogP) is 0.110. The molecule has 1 heterocycles. The van der Waals surface area contributed by atoms with Gasteiger partial charge in [-0.15, -0.1) is 0 Å². The number of likely N-dealkylation sites (N-methyl/N-ethyl adjacent to an activating group) is 1. The van der Waals surface area contributed by atoms with Gasteiger partial charge in [-0.2, -0.15) is 0 Å². The van der Waals surface area contributed by atoms with E-state index in [2.05, 4.69) is 15.1 Å². The number of nitrogens with one attached hydrogen (secondary N) is 1. The molecule has 0 spiro atoms. The highest BCUT2D eigenvalue weighted by atomic mass is 16.5. The lowest BCUT2D eigenvalue weighted by Gasteiger charge is -2.59. The van der Waals surface area contributed by atoms with E-state index in [1.807, 2.05) is 0 Å². The summed E-state index contributed by atoms with van der Waals surface area (Å²) < 4.78 is 10.2. The van der Waals surface area contributed by atoms with Gasteiger partial charge in [-0.1, -0.05) is 0 Å². The minimum atomic E-state index is -0.774. The molecule has 10 nitrogen and oxygen atoms in total. The number of amides is 2. The molecule has 2 amide bonds. The first kappa shape index (κ1) is 25.9. The summed E-state index contributed by atoms with van der Waals surface area (Å²) in [7, 11) is 6.26. The van der Waals surface area contributed by atoms with Crippen LogP contribution in [-0.4, -0.2) is 112 Å². The summed E-state index contributed by atoms with van der Waals surface area (Å²) in [4.78, 5) is 56.9. The van der Waals surface area contributed by atoms with Crippen LogP contribution in [0, 0.1) is 22.7 Å². The Morgan fingerprint density at radius 2 is 1.49 bits per heavy atom. The molecule has 0 aromatic carbocycles. The summed E-state index contributed by atoms with van der Waals surface area (Å²) in [5.74, 6) is -0.0370. The lowest BCUT2D eigenvalue weighted by molar-refractivity contribution is -0.182. The van der Waals surface area contributed by atoms with Crippen LogP contribution < -0.4 is 5.32 Å². The van der Waals surface area contributed by atoms with Gasteiger partial charge in [-0.25, -0.2) is 4.79 Å². The van der Waals surface area contributed by atoms with Crippen molar-refractivity contribution in [2.24, 2.45) is 22.7 Å². The van der Waals surface area contributed by atoms with Gasteiger partial charge < -0.3 is 19.7 Å². The minimum Gasteiger partial charge on any atom is -0.469 e. The second-order valence-electron chi connectivity index (χ2n) is 11.4. The molecule has 0 radical (unpaired) electrons. The quantitative estimate of drug-likeness (QED) is 0.476. The number of nitrogens with zero attached hydrogens (tertiary/aromatic N) is 3. The Hall–Kier alpha value is -2.20. The maximum absolute atomic E-state index is 13.7. The van der Waals surface area contributed by atoms with Crippen LogP contribution in [0.15, 0.2) is 0 Å². The van der Waals surface area contributed by atoms with E-state index in [0.29, 0.717) is 44.4 Å². The topological polar surface area (TPSA) is 108 Å². The molecule has 5 fully saturated rings. The molecule has 3 unspecified atom stereocenters. The number of methoxy groups -OCH3 is 2. The van der Waals surface area contributed by atoms with Gasteiger partial charge in [0.05, 0.1) is 31.6 Å². The van der Waals surface area contributed by atoms with E-state index in [1.165, 1.54) is 14.2 Å². The van der Waals surface area contributed by atoms with E-state index in [9.17, 15) is 19.2 Å². The van der Waals surface area contributed by atoms with Crippen LogP contribution in [-0.2, 0) is 28.7 Å². The molecule has 3 atom stereocenters. The fourth-order valence-corrected chi connectivity index (χ4v) is 7.34. The maximum Gasteiger partial charge on any atom is 0.329 e. The molecule has 0 aromatic heterocycles. The lowest BCUT2D eigenvalue weighted by atomic mass is 9.44. The second kappa shape index (κ2) is 10.0. The molecule has 1 N–H and O–H groups in total. The Labute approximate surface area is 207 Å². The SMILES string of the molecule is COC(=O)C(CN1CCN(CC(=O)N(C)C)CC1)NC(=O)C12CC3CC(C1)CC(C(=O)OC)(C3)C2. The zero-order valence-corrected chi connectivity index (χ0v) is 21.5. The molecular weight excluding hydrogens is 452 g/mol. The summed E-state index contributed by atoms with van der Waals surface area (Å²) in [6.07, 6.45) is 4.69. The number of hydrogen-bond acceptors (Lipinski definition) is 8. The van der Waals surface area contributed by atoms with Gasteiger partial charge in [0.25, 0.3) is 0 Å². The summed E-state index contributed by atoms with van der Waals surface area (Å²) in [5.41, 5.74) is -1.20. The Bertz CT molecular complexity index is 839. The third-order valence-corrected chi connectivity index (χ3v) is 8.72. The molecule has 196 valence electrons. The molecule has 35 heavy (non-hydrogen) atoms. The molecule has 5 rings (SSSR count). The third-order valence-electron chi connectivity index (χ3n) is 8.72. The Morgan fingerprint density at radius 1 is 0.914 bits per heavy atom. The molecule has 0 aromatic rings. The first-order valence-electron chi connectivity index (χ1n) is 12.7. The second-order valence-corrected chi connectivity index (χ2v) is 11.4. The third kappa shape index (κ3) is 5.18. The molecule has 4 saturated carbocycles. The number of rotatable bonds is 8. The smallest absolute Gasteiger partial charge is 0.329 e. The highest BCUT2D eigenvalue weighted by molar-refractivity contribution is 5.90. The van der Waals surface area contributed by atoms with Gasteiger partial charge in [0.1, 0.15) is 6.04 Å². The largest absolute Gasteiger partial charge is 0.469 e. The number of esters is 2. The fraction of sp³-hybridized carbons (Fsp3) is 0.840. The summed E-state index contributed by atoms with van der Waals surface area (Å²) in [6, 6.07) is -0.774. The van der Waals surface area contributed by atoms with E-state index >= 15 is 0 Å². The summed E-state index contributed by atoms with van der Waals surface area (Å²) in [6.45, 7) is 3.58. The van der Waals surface area contributed by atoms with Crippen molar-refractivity contribution in [1.29, 1.82) is 0 Å². The molecule has 4 aliphatic carbocycles. The monoisotopic (exact) mass is 492 g/mol. The van der Waals surface area contributed by atoms with Crippen molar-refractivity contribution in [3.05, 3.63) is 0 Å². The first-order valence-corrected chi connectivity index (χ1v) is 12.7. The normalized spacial score (nSPS) is 33.1. The van der Waals surface area contributed by atoms with Crippen molar-refractivity contribution >= 4 is 23.8 Å². The van der Waals surface area contributed by atoms with E-state index in [-0.39, 0.29) is 17.8 Å². The van der Waals surface area contributed by atoms with Gasteiger partial charge in [-0.05, 0) is 50.4 Å². The van der Waals surface area contributed by atoms with Crippen molar-refractivity contribution in [1.82, 2.24) is 20.0 Å². The predicted molar refractivity (Wildman–Crippen MR) is 127 cm³/mol. The van der Waals surface area contributed by atoms with Crippen LogP contribution in [0.2, 0.25) is 0 Å². The Morgan fingerprint density at radius 3 is 2.03 bits per heavy atom.